The van der Waals surface area contributed by atoms with Crippen LogP contribution >= 0.6 is 15.9 Å². The predicted molar refractivity (Wildman–Crippen MR) is 92.9 cm³/mol. The minimum absolute atomic E-state index is 0.146. The van der Waals surface area contributed by atoms with Gasteiger partial charge in [-0.1, -0.05) is 36.4 Å². The van der Waals surface area contributed by atoms with Gasteiger partial charge in [-0.15, -0.1) is 0 Å². The molecule has 6 nitrogen and oxygen atoms in total. The van der Waals surface area contributed by atoms with Crippen LogP contribution in [0.1, 0.15) is 11.1 Å². The van der Waals surface area contributed by atoms with E-state index >= 15 is 0 Å². The van der Waals surface area contributed by atoms with Crippen molar-refractivity contribution >= 4 is 27.7 Å². The molecule has 24 heavy (non-hydrogen) atoms. The van der Waals surface area contributed by atoms with Crippen LogP contribution in [0.2, 0.25) is 0 Å². The summed E-state index contributed by atoms with van der Waals surface area (Å²) in [7, 11) is 0. The van der Waals surface area contributed by atoms with Crippen LogP contribution in [0.4, 0.5) is 0 Å². The number of nitrogens with one attached hydrogen (secondary N) is 1. The van der Waals surface area contributed by atoms with Gasteiger partial charge in [0.05, 0.1) is 6.61 Å². The number of ether oxygens (including phenoxy) is 1. The topological polar surface area (TPSA) is 94.3 Å². The largest absolute Gasteiger partial charge is 0.368 e. The van der Waals surface area contributed by atoms with Crippen LogP contribution in [0.3, 0.4) is 0 Å². The van der Waals surface area contributed by atoms with Gasteiger partial charge >= 0.3 is 0 Å². The number of amides is 2. The summed E-state index contributed by atoms with van der Waals surface area (Å²) >= 11 is 3.31. The number of carbonyl (C=O) groups excluding carboxylic acids is 2. The number of benzene rings is 1. The Morgan fingerprint density at radius 3 is 2.62 bits per heavy atom. The summed E-state index contributed by atoms with van der Waals surface area (Å²) in [4.78, 5) is 27.6. The van der Waals surface area contributed by atoms with Crippen molar-refractivity contribution in [2.24, 2.45) is 5.73 Å². The molecule has 0 fully saturated rings. The summed E-state index contributed by atoms with van der Waals surface area (Å²) in [5, 5.41) is 2.59. The van der Waals surface area contributed by atoms with Gasteiger partial charge in [0.15, 0.2) is 0 Å². The highest BCUT2D eigenvalue weighted by atomic mass is 79.9. The monoisotopic (exact) mass is 391 g/mol. The molecule has 126 valence electrons. The maximum Gasteiger partial charge on any atom is 0.246 e. The van der Waals surface area contributed by atoms with Gasteiger partial charge in [-0.05, 0) is 33.1 Å². The normalized spacial score (nSPS) is 11.7. The number of rotatable bonds is 8. The van der Waals surface area contributed by atoms with Crippen molar-refractivity contribution in [2.75, 3.05) is 6.61 Å². The molecular formula is C17H18BrN3O3. The van der Waals surface area contributed by atoms with Gasteiger partial charge in [-0.2, -0.15) is 0 Å². The van der Waals surface area contributed by atoms with Crippen molar-refractivity contribution < 1.29 is 14.3 Å². The Morgan fingerprint density at radius 2 is 1.96 bits per heavy atom. The standard InChI is InChI=1S/C17H18BrN3O3/c18-16-13(7-4-8-20-16)9-14(17(19)23)21-15(22)11-24-10-12-5-2-1-3-6-12/h1-8,14H,9-11H2,(H2,19,23)(H,21,22)/t14-/m0/s1. The number of carbonyl (C=O) groups is 2. The molecule has 7 heteroatoms. The van der Waals surface area contributed by atoms with Crippen LogP contribution in [-0.4, -0.2) is 29.4 Å². The molecule has 0 aliphatic carbocycles. The number of aromatic nitrogens is 1. The number of nitrogens with zero attached hydrogens (tertiary/aromatic N) is 1. The van der Waals surface area contributed by atoms with Crippen molar-refractivity contribution in [1.82, 2.24) is 10.3 Å². The summed E-state index contributed by atoms with van der Waals surface area (Å²) in [6, 6.07) is 12.3. The van der Waals surface area contributed by atoms with Gasteiger partial charge in [0.1, 0.15) is 17.3 Å². The Hall–Kier alpha value is -2.25. The van der Waals surface area contributed by atoms with Gasteiger partial charge in [0.25, 0.3) is 0 Å². The number of hydrogen-bond donors (Lipinski definition) is 2. The second-order valence-electron chi connectivity index (χ2n) is 5.16. The zero-order valence-corrected chi connectivity index (χ0v) is 14.5. The third-order valence-electron chi connectivity index (χ3n) is 3.28. The molecule has 1 atom stereocenters. The van der Waals surface area contributed by atoms with E-state index in [-0.39, 0.29) is 13.0 Å². The van der Waals surface area contributed by atoms with E-state index in [1.165, 1.54) is 0 Å². The number of primary amides is 1. The van der Waals surface area contributed by atoms with Gasteiger partial charge < -0.3 is 15.8 Å². The van der Waals surface area contributed by atoms with Crippen LogP contribution < -0.4 is 11.1 Å². The molecular weight excluding hydrogens is 374 g/mol. The maximum absolute atomic E-state index is 12.0. The highest BCUT2D eigenvalue weighted by Gasteiger charge is 2.20. The molecule has 0 radical (unpaired) electrons. The molecule has 0 unspecified atom stereocenters. The highest BCUT2D eigenvalue weighted by Crippen LogP contribution is 2.14. The van der Waals surface area contributed by atoms with Gasteiger partial charge in [-0.3, -0.25) is 9.59 Å². The van der Waals surface area contributed by atoms with Crippen LogP contribution in [-0.2, 0) is 27.4 Å². The summed E-state index contributed by atoms with van der Waals surface area (Å²) in [6.07, 6.45) is 1.89. The third kappa shape index (κ3) is 5.75. The second kappa shape index (κ2) is 9.14. The summed E-state index contributed by atoms with van der Waals surface area (Å²) < 4.78 is 5.97. The molecule has 0 aliphatic rings. The minimum Gasteiger partial charge on any atom is -0.368 e. The van der Waals surface area contributed by atoms with E-state index in [9.17, 15) is 9.59 Å². The SMILES string of the molecule is NC(=O)[C@H](Cc1cccnc1Br)NC(=O)COCc1ccccc1. The number of halogens is 1. The first kappa shape index (κ1) is 18.1. The minimum atomic E-state index is -0.821. The highest BCUT2D eigenvalue weighted by molar-refractivity contribution is 9.10. The van der Waals surface area contributed by atoms with E-state index in [1.807, 2.05) is 36.4 Å². The van der Waals surface area contributed by atoms with Crippen molar-refractivity contribution in [3.05, 3.63) is 64.4 Å². The Bertz CT molecular complexity index is 694. The van der Waals surface area contributed by atoms with E-state index < -0.39 is 17.9 Å². The lowest BCUT2D eigenvalue weighted by molar-refractivity contribution is -0.130. The van der Waals surface area contributed by atoms with Crippen LogP contribution in [0, 0.1) is 0 Å². The molecule has 1 aromatic heterocycles. The number of nitrogens with two attached hydrogens (primary N) is 1. The van der Waals surface area contributed by atoms with Crippen LogP contribution in [0.5, 0.6) is 0 Å². The molecule has 0 bridgehead atoms. The van der Waals surface area contributed by atoms with Crippen molar-refractivity contribution in [1.29, 1.82) is 0 Å². The smallest absolute Gasteiger partial charge is 0.246 e. The fourth-order valence-corrected chi connectivity index (χ4v) is 2.50. The molecule has 2 rings (SSSR count). The van der Waals surface area contributed by atoms with Gasteiger partial charge in [0, 0.05) is 12.6 Å². The molecule has 1 aromatic carbocycles. The van der Waals surface area contributed by atoms with Crippen molar-refractivity contribution in [2.45, 2.75) is 19.1 Å². The Balaban J connectivity index is 1.85. The van der Waals surface area contributed by atoms with E-state index in [2.05, 4.69) is 26.2 Å². The van der Waals surface area contributed by atoms with Crippen LogP contribution in [0.25, 0.3) is 0 Å². The van der Waals surface area contributed by atoms with E-state index in [1.54, 1.807) is 12.3 Å². The summed E-state index contributed by atoms with van der Waals surface area (Å²) in [5.74, 6) is -1.00. The molecule has 0 spiro atoms. The average Bonchev–Trinajstić information content (AvgIpc) is 2.57. The average molecular weight is 392 g/mol. The predicted octanol–water partition coefficient (Wildman–Crippen LogP) is 1.57. The Labute approximate surface area is 148 Å². The van der Waals surface area contributed by atoms with E-state index in [4.69, 9.17) is 10.5 Å². The first-order chi connectivity index (χ1) is 11.6. The van der Waals surface area contributed by atoms with Crippen molar-refractivity contribution in [3.8, 4) is 0 Å². The van der Waals surface area contributed by atoms with E-state index in [0.29, 0.717) is 11.2 Å². The Kier molecular flexibility index (Phi) is 6.89. The Morgan fingerprint density at radius 1 is 1.21 bits per heavy atom. The molecule has 2 aromatic rings. The summed E-state index contributed by atoms with van der Waals surface area (Å²) in [6.45, 7) is 0.177. The first-order valence-corrected chi connectivity index (χ1v) is 8.15. The molecule has 0 saturated heterocycles. The first-order valence-electron chi connectivity index (χ1n) is 7.36. The second-order valence-corrected chi connectivity index (χ2v) is 5.91. The molecule has 2 amide bonds. The maximum atomic E-state index is 12.0. The van der Waals surface area contributed by atoms with Gasteiger partial charge in [0.2, 0.25) is 11.8 Å². The number of pyridine rings is 1. The fraction of sp³-hybridized carbons (Fsp3) is 0.235. The summed E-state index contributed by atoms with van der Waals surface area (Å²) in [5.41, 5.74) is 7.13. The lowest BCUT2D eigenvalue weighted by Gasteiger charge is -2.16. The lowest BCUT2D eigenvalue weighted by Crippen LogP contribution is -2.47. The molecule has 1 heterocycles. The van der Waals surface area contributed by atoms with E-state index in [0.717, 1.165) is 11.1 Å². The molecule has 3 N–H and O–H groups in total. The zero-order valence-electron chi connectivity index (χ0n) is 12.9. The van der Waals surface area contributed by atoms with Crippen LogP contribution in [0.15, 0.2) is 53.3 Å². The quantitative estimate of drug-likeness (QED) is 0.667. The zero-order chi connectivity index (χ0) is 17.4. The van der Waals surface area contributed by atoms with Crippen molar-refractivity contribution in [3.63, 3.8) is 0 Å². The lowest BCUT2D eigenvalue weighted by atomic mass is 10.1. The van der Waals surface area contributed by atoms with Gasteiger partial charge in [-0.25, -0.2) is 4.98 Å². The number of hydrogen-bond acceptors (Lipinski definition) is 4. The fourth-order valence-electron chi connectivity index (χ4n) is 2.09. The third-order valence-corrected chi connectivity index (χ3v) is 4.00. The molecule has 0 saturated carbocycles. The molecule has 0 aliphatic heterocycles.